The summed E-state index contributed by atoms with van der Waals surface area (Å²) in [6.45, 7) is 1.58. The number of amides is 1. The molecule has 0 heterocycles. The summed E-state index contributed by atoms with van der Waals surface area (Å²) >= 11 is 2.89. The predicted molar refractivity (Wildman–Crippen MR) is 67.3 cm³/mol. The summed E-state index contributed by atoms with van der Waals surface area (Å²) in [6, 6.07) is 0.283. The molecule has 1 amide bonds. The third kappa shape index (κ3) is 3.97. The van der Waals surface area contributed by atoms with Gasteiger partial charge >= 0.3 is 5.97 Å². The van der Waals surface area contributed by atoms with Crippen molar-refractivity contribution in [1.82, 2.24) is 0 Å². The first-order valence-electron chi connectivity index (χ1n) is 5.24. The Balaban J connectivity index is 2.86. The maximum atomic E-state index is 13.4. The molecule has 1 aromatic rings. The molecule has 1 aromatic carbocycles. The summed E-state index contributed by atoms with van der Waals surface area (Å²) in [7, 11) is 0. The molecule has 1 atom stereocenters. The molecule has 0 radical (unpaired) electrons. The number of carbonyl (C=O) groups excluding carboxylic acids is 2. The molecule has 0 aliphatic heterocycles. The molecule has 104 valence electrons. The number of esters is 1. The van der Waals surface area contributed by atoms with Gasteiger partial charge in [-0.2, -0.15) is 0 Å². The van der Waals surface area contributed by atoms with Crippen LogP contribution in [0.4, 0.5) is 14.5 Å². The average Bonchev–Trinajstić information content (AvgIpc) is 2.32. The summed E-state index contributed by atoms with van der Waals surface area (Å²) in [5.41, 5.74) is 4.61. The molecule has 5 nitrogen and oxygen atoms in total. The first-order valence-corrected chi connectivity index (χ1v) is 6.03. The van der Waals surface area contributed by atoms with Crippen molar-refractivity contribution in [3.05, 3.63) is 28.2 Å². The van der Waals surface area contributed by atoms with Crippen LogP contribution in [0, 0.1) is 11.6 Å². The van der Waals surface area contributed by atoms with Gasteiger partial charge in [0.15, 0.2) is 17.7 Å². The number of nitrogens with two attached hydrogens (primary N) is 1. The first-order chi connectivity index (χ1) is 8.86. The van der Waals surface area contributed by atoms with Crippen LogP contribution in [-0.2, 0) is 14.3 Å². The van der Waals surface area contributed by atoms with Crippen LogP contribution in [0.2, 0.25) is 0 Å². The fourth-order valence-electron chi connectivity index (χ4n) is 1.20. The molecule has 0 aromatic heterocycles. The summed E-state index contributed by atoms with van der Waals surface area (Å²) < 4.78 is 31.6. The van der Waals surface area contributed by atoms with E-state index in [1.165, 1.54) is 6.92 Å². The van der Waals surface area contributed by atoms with Crippen molar-refractivity contribution >= 4 is 33.5 Å². The molecule has 8 heteroatoms. The van der Waals surface area contributed by atoms with Crippen molar-refractivity contribution in [2.75, 3.05) is 11.9 Å². The summed E-state index contributed by atoms with van der Waals surface area (Å²) in [4.78, 5) is 22.7. The quantitative estimate of drug-likeness (QED) is 0.645. The third-order valence-corrected chi connectivity index (χ3v) is 2.54. The van der Waals surface area contributed by atoms with Gasteiger partial charge in [-0.3, -0.25) is 4.79 Å². The van der Waals surface area contributed by atoms with Gasteiger partial charge in [-0.05, 0) is 19.1 Å². The van der Waals surface area contributed by atoms with E-state index in [0.29, 0.717) is 0 Å². The molecule has 0 spiro atoms. The number of ether oxygens (including phenoxy) is 1. The molecule has 0 aliphatic rings. The van der Waals surface area contributed by atoms with Crippen LogP contribution in [0.15, 0.2) is 16.6 Å². The Labute approximate surface area is 116 Å². The van der Waals surface area contributed by atoms with Gasteiger partial charge in [0.1, 0.15) is 5.69 Å². The van der Waals surface area contributed by atoms with Crippen molar-refractivity contribution in [3.63, 3.8) is 0 Å². The minimum absolute atomic E-state index is 0.0425. The van der Waals surface area contributed by atoms with Crippen LogP contribution in [0.25, 0.3) is 0 Å². The highest BCUT2D eigenvalue weighted by molar-refractivity contribution is 9.10. The van der Waals surface area contributed by atoms with Gasteiger partial charge in [0.25, 0.3) is 5.91 Å². The second kappa shape index (κ2) is 6.58. The van der Waals surface area contributed by atoms with Gasteiger partial charge in [0.05, 0.1) is 6.61 Å². The lowest BCUT2D eigenvalue weighted by atomic mass is 10.2. The molecule has 1 unspecified atom stereocenters. The molecule has 19 heavy (non-hydrogen) atoms. The monoisotopic (exact) mass is 336 g/mol. The maximum Gasteiger partial charge on any atom is 0.332 e. The smallest absolute Gasteiger partial charge is 0.332 e. The standard InChI is InChI=1S/C11H11BrF2N2O3/c1-2-19-11(18)8(15)10(17)16-9-6(13)3-5(12)4-7(9)14/h3-4,8H,2,15H2,1H3,(H,16,17). The van der Waals surface area contributed by atoms with E-state index in [0.717, 1.165) is 12.1 Å². The van der Waals surface area contributed by atoms with E-state index < -0.39 is 35.2 Å². The number of nitrogens with one attached hydrogen (secondary N) is 1. The number of hydrogen-bond acceptors (Lipinski definition) is 4. The Bertz CT molecular complexity index is 488. The minimum atomic E-state index is -1.65. The zero-order valence-corrected chi connectivity index (χ0v) is 11.5. The van der Waals surface area contributed by atoms with Gasteiger partial charge in [0, 0.05) is 4.47 Å². The zero-order chi connectivity index (χ0) is 14.6. The number of benzene rings is 1. The van der Waals surface area contributed by atoms with Gasteiger partial charge < -0.3 is 15.8 Å². The van der Waals surface area contributed by atoms with Crippen LogP contribution >= 0.6 is 15.9 Å². The Morgan fingerprint density at radius 2 is 1.95 bits per heavy atom. The number of carbonyl (C=O) groups is 2. The van der Waals surface area contributed by atoms with E-state index in [1.807, 2.05) is 5.32 Å². The predicted octanol–water partition coefficient (Wildman–Crippen LogP) is 1.56. The van der Waals surface area contributed by atoms with E-state index >= 15 is 0 Å². The molecule has 0 saturated heterocycles. The van der Waals surface area contributed by atoms with Crippen molar-refractivity contribution < 1.29 is 23.1 Å². The van der Waals surface area contributed by atoms with Crippen LogP contribution in [0.1, 0.15) is 6.92 Å². The topological polar surface area (TPSA) is 81.4 Å². The lowest BCUT2D eigenvalue weighted by Gasteiger charge is -2.12. The van der Waals surface area contributed by atoms with E-state index in [1.54, 1.807) is 0 Å². The van der Waals surface area contributed by atoms with Gasteiger partial charge in [-0.15, -0.1) is 0 Å². The number of anilines is 1. The lowest BCUT2D eigenvalue weighted by Crippen LogP contribution is -2.43. The highest BCUT2D eigenvalue weighted by Crippen LogP contribution is 2.23. The van der Waals surface area contributed by atoms with Crippen molar-refractivity contribution in [1.29, 1.82) is 0 Å². The Morgan fingerprint density at radius 1 is 1.42 bits per heavy atom. The fraction of sp³-hybridized carbons (Fsp3) is 0.273. The lowest BCUT2D eigenvalue weighted by molar-refractivity contribution is -0.146. The number of rotatable bonds is 4. The maximum absolute atomic E-state index is 13.4. The third-order valence-electron chi connectivity index (χ3n) is 2.08. The van der Waals surface area contributed by atoms with E-state index in [4.69, 9.17) is 5.73 Å². The average molecular weight is 337 g/mol. The summed E-state index contributed by atoms with van der Waals surface area (Å²) in [6.07, 6.45) is 0. The molecular weight excluding hydrogens is 326 g/mol. The summed E-state index contributed by atoms with van der Waals surface area (Å²) in [5, 5.41) is 1.91. The van der Waals surface area contributed by atoms with Crippen LogP contribution in [0.3, 0.4) is 0 Å². The highest BCUT2D eigenvalue weighted by atomic mass is 79.9. The largest absolute Gasteiger partial charge is 0.464 e. The number of halogens is 3. The normalized spacial score (nSPS) is 11.8. The van der Waals surface area contributed by atoms with Gasteiger partial charge in [-0.25, -0.2) is 13.6 Å². The summed E-state index contributed by atoms with van der Waals surface area (Å²) in [5.74, 6) is -4.01. The Hall–Kier alpha value is -1.54. The SMILES string of the molecule is CCOC(=O)C(N)C(=O)Nc1c(F)cc(Br)cc1F. The molecule has 0 saturated carbocycles. The van der Waals surface area contributed by atoms with Gasteiger partial charge in [0.2, 0.25) is 0 Å². The number of hydrogen-bond donors (Lipinski definition) is 2. The van der Waals surface area contributed by atoms with E-state index in [-0.39, 0.29) is 11.1 Å². The fourth-order valence-corrected chi connectivity index (χ4v) is 1.60. The van der Waals surface area contributed by atoms with Crippen LogP contribution < -0.4 is 11.1 Å². The van der Waals surface area contributed by atoms with Crippen molar-refractivity contribution in [3.8, 4) is 0 Å². The van der Waals surface area contributed by atoms with E-state index in [9.17, 15) is 18.4 Å². The van der Waals surface area contributed by atoms with Crippen LogP contribution in [0.5, 0.6) is 0 Å². The van der Waals surface area contributed by atoms with Crippen LogP contribution in [-0.4, -0.2) is 24.5 Å². The molecule has 3 N–H and O–H groups in total. The molecule has 1 rings (SSSR count). The molecule has 0 bridgehead atoms. The highest BCUT2D eigenvalue weighted by Gasteiger charge is 2.25. The second-order valence-corrected chi connectivity index (χ2v) is 4.38. The molecule has 0 aliphatic carbocycles. The van der Waals surface area contributed by atoms with E-state index in [2.05, 4.69) is 20.7 Å². The minimum Gasteiger partial charge on any atom is -0.464 e. The van der Waals surface area contributed by atoms with Gasteiger partial charge in [-0.1, -0.05) is 15.9 Å². The Morgan fingerprint density at radius 3 is 2.42 bits per heavy atom. The first kappa shape index (κ1) is 15.5. The zero-order valence-electron chi connectivity index (χ0n) is 9.88. The second-order valence-electron chi connectivity index (χ2n) is 3.46. The molecular formula is C11H11BrF2N2O3. The van der Waals surface area contributed by atoms with Crippen molar-refractivity contribution in [2.24, 2.45) is 5.73 Å². The molecule has 0 fully saturated rings. The van der Waals surface area contributed by atoms with Crippen molar-refractivity contribution in [2.45, 2.75) is 13.0 Å². The Kier molecular flexibility index (Phi) is 5.37.